The third kappa shape index (κ3) is 13.2. The van der Waals surface area contributed by atoms with Gasteiger partial charge in [-0.15, -0.1) is 0 Å². The second kappa shape index (κ2) is 10.0. The number of carbonyl (C=O) groups is 2. The molecule has 0 bridgehead atoms. The molecule has 0 spiro atoms. The van der Waals surface area contributed by atoms with Gasteiger partial charge in [-0.05, 0) is 23.7 Å². The monoisotopic (exact) mass is 438 g/mol. The Balaban J connectivity index is -0.000000411. The Morgan fingerprint density at radius 2 is 0.704 bits per heavy atom. The molecule has 4 nitrogen and oxygen atoms in total. The van der Waals surface area contributed by atoms with Gasteiger partial charge in [-0.1, -0.05) is 0 Å². The number of hydrogen-bond donors (Lipinski definition) is 0. The molecule has 0 aliphatic heterocycles. The fraction of sp³-hybridized carbons (Fsp3) is 0.400. The Bertz CT molecular complexity index is 527. The van der Waals surface area contributed by atoms with Crippen LogP contribution in [0.15, 0.2) is 23.7 Å². The molecule has 0 atom stereocenters. The van der Waals surface area contributed by atoms with Crippen molar-refractivity contribution in [2.75, 3.05) is 0 Å². The average molecular weight is 438 g/mol. The van der Waals surface area contributed by atoms with Gasteiger partial charge in [0.05, 0.1) is 0 Å². The van der Waals surface area contributed by atoms with E-state index >= 15 is 0 Å². The molecule has 0 aliphatic rings. The third-order valence-corrected chi connectivity index (χ3v) is 1.64. The fourth-order valence-corrected chi connectivity index (χ4v) is 0.565. The molecule has 0 rings (SSSR count). The van der Waals surface area contributed by atoms with E-state index in [1.54, 1.807) is 0 Å². The minimum atomic E-state index is -5.46. The minimum Gasteiger partial charge on any atom is -0.869 e. The molecule has 0 aromatic heterocycles. The summed E-state index contributed by atoms with van der Waals surface area (Å²) in [6.07, 6.45) is -23.9. The summed E-state index contributed by atoms with van der Waals surface area (Å²) in [5, 5.41) is 19.6. The van der Waals surface area contributed by atoms with Crippen LogP contribution in [-0.2, 0) is 9.59 Å². The SMILES string of the molecule is O=C(/C=C(\[O-])C(F)(F)F)C(F)(F)F.O=C(/C=C(\[O-])C(F)(F)F)C(F)(F)F.[Mg+2]. The van der Waals surface area contributed by atoms with Crippen molar-refractivity contribution in [3.8, 4) is 0 Å². The molecule has 0 saturated heterocycles. The molecule has 0 aromatic rings. The van der Waals surface area contributed by atoms with Gasteiger partial charge in [-0.2, -0.15) is 52.7 Å². The van der Waals surface area contributed by atoms with Crippen molar-refractivity contribution < 1.29 is 72.5 Å². The molecule has 0 amide bonds. The van der Waals surface area contributed by atoms with Gasteiger partial charge in [0.15, 0.2) is 0 Å². The zero-order valence-corrected chi connectivity index (χ0v) is 13.4. The first-order valence-corrected chi connectivity index (χ1v) is 5.24. The normalized spacial score (nSPS) is 13.9. The number of ketones is 2. The number of allylic oxidation sites excluding steroid dienone is 4. The van der Waals surface area contributed by atoms with Gasteiger partial charge in [0.25, 0.3) is 11.6 Å². The summed E-state index contributed by atoms with van der Waals surface area (Å²) in [6.45, 7) is 0. The second-order valence-electron chi connectivity index (χ2n) is 3.74. The van der Waals surface area contributed by atoms with E-state index in [1.165, 1.54) is 0 Å². The van der Waals surface area contributed by atoms with E-state index < -0.39 is 59.9 Å². The maximum absolute atomic E-state index is 11.3. The summed E-state index contributed by atoms with van der Waals surface area (Å²) in [4.78, 5) is 19.6. The van der Waals surface area contributed by atoms with E-state index in [0.717, 1.165) is 0 Å². The summed E-state index contributed by atoms with van der Waals surface area (Å²) in [5.41, 5.74) is 0. The molecular formula is C10H2F12MgO4. The smallest absolute Gasteiger partial charge is 0.869 e. The molecule has 0 saturated carbocycles. The van der Waals surface area contributed by atoms with Crippen molar-refractivity contribution in [3.63, 3.8) is 0 Å². The maximum Gasteiger partial charge on any atom is 2.00 e. The summed E-state index contributed by atoms with van der Waals surface area (Å²) < 4.78 is 136. The summed E-state index contributed by atoms with van der Waals surface area (Å²) in [7, 11) is 0. The Kier molecular flexibility index (Phi) is 11.2. The van der Waals surface area contributed by atoms with Crippen LogP contribution >= 0.6 is 0 Å². The van der Waals surface area contributed by atoms with Gasteiger partial charge in [-0.25, -0.2) is 0 Å². The van der Waals surface area contributed by atoms with Gasteiger partial charge in [-0.3, -0.25) is 9.59 Å². The fourth-order valence-electron chi connectivity index (χ4n) is 0.565. The van der Waals surface area contributed by atoms with Gasteiger partial charge >= 0.3 is 47.8 Å². The number of carbonyl (C=O) groups excluding carboxylic acids is 2. The van der Waals surface area contributed by atoms with Crippen LogP contribution in [0, 0.1) is 0 Å². The zero-order chi connectivity index (χ0) is 21.7. The van der Waals surface area contributed by atoms with Crippen molar-refractivity contribution in [2.24, 2.45) is 0 Å². The molecule has 27 heavy (non-hydrogen) atoms. The first kappa shape index (κ1) is 30.1. The van der Waals surface area contributed by atoms with Crippen molar-refractivity contribution in [3.05, 3.63) is 23.7 Å². The minimum absolute atomic E-state index is 0. The third-order valence-electron chi connectivity index (χ3n) is 1.64. The predicted octanol–water partition coefficient (Wildman–Crippen LogP) is 1.47. The van der Waals surface area contributed by atoms with Crippen molar-refractivity contribution in [2.45, 2.75) is 24.7 Å². The van der Waals surface area contributed by atoms with Crippen molar-refractivity contribution in [1.82, 2.24) is 0 Å². The molecule has 152 valence electrons. The summed E-state index contributed by atoms with van der Waals surface area (Å²) >= 11 is 0. The topological polar surface area (TPSA) is 80.3 Å². The largest absolute Gasteiger partial charge is 2.00 e. The summed E-state index contributed by atoms with van der Waals surface area (Å²) in [6, 6.07) is 0. The van der Waals surface area contributed by atoms with Gasteiger partial charge in [0.2, 0.25) is 0 Å². The number of alkyl halides is 12. The Morgan fingerprint density at radius 3 is 0.815 bits per heavy atom. The zero-order valence-electron chi connectivity index (χ0n) is 12.0. The number of hydrogen-bond acceptors (Lipinski definition) is 4. The van der Waals surface area contributed by atoms with E-state index in [1.807, 2.05) is 0 Å². The van der Waals surface area contributed by atoms with Crippen LogP contribution < -0.4 is 10.2 Å². The first-order valence-electron chi connectivity index (χ1n) is 5.24. The quantitative estimate of drug-likeness (QED) is 0.283. The standard InChI is InChI=1S/2C5H2F6O2.Mg/c2*6-4(7,8)2(12)1-3(13)5(9,10)11;/h2*1,12H;/q;;+2/p-2/b2*2-1-;. The van der Waals surface area contributed by atoms with Crippen LogP contribution in [-0.4, -0.2) is 59.3 Å². The molecule has 0 fully saturated rings. The molecular weight excluding hydrogens is 436 g/mol. The van der Waals surface area contributed by atoms with Gasteiger partial charge in [0, 0.05) is 0 Å². The van der Waals surface area contributed by atoms with E-state index in [9.17, 15) is 72.5 Å². The van der Waals surface area contributed by atoms with Crippen molar-refractivity contribution >= 4 is 34.6 Å². The average Bonchev–Trinajstić information content (AvgIpc) is 2.34. The Labute approximate surface area is 156 Å². The number of rotatable bonds is 2. The van der Waals surface area contributed by atoms with Crippen LogP contribution in [0.5, 0.6) is 0 Å². The van der Waals surface area contributed by atoms with Crippen LogP contribution in [0.1, 0.15) is 0 Å². The van der Waals surface area contributed by atoms with Crippen LogP contribution in [0.3, 0.4) is 0 Å². The molecule has 0 N–H and O–H groups in total. The van der Waals surface area contributed by atoms with E-state index in [2.05, 4.69) is 0 Å². The summed E-state index contributed by atoms with van der Waals surface area (Å²) in [5.74, 6) is -11.3. The van der Waals surface area contributed by atoms with Crippen LogP contribution in [0.2, 0.25) is 0 Å². The molecule has 0 aliphatic carbocycles. The first-order chi connectivity index (χ1) is 11.1. The van der Waals surface area contributed by atoms with Gasteiger partial charge < -0.3 is 10.2 Å². The van der Waals surface area contributed by atoms with Crippen LogP contribution in [0.4, 0.5) is 52.7 Å². The van der Waals surface area contributed by atoms with E-state index in [4.69, 9.17) is 0 Å². The van der Waals surface area contributed by atoms with E-state index in [-0.39, 0.29) is 23.1 Å². The molecule has 0 aromatic carbocycles. The molecule has 0 heterocycles. The predicted molar refractivity (Wildman–Crippen MR) is 56.2 cm³/mol. The van der Waals surface area contributed by atoms with Crippen molar-refractivity contribution in [1.29, 1.82) is 0 Å². The Morgan fingerprint density at radius 1 is 0.519 bits per heavy atom. The second-order valence-corrected chi connectivity index (χ2v) is 3.74. The molecule has 17 heteroatoms. The van der Waals surface area contributed by atoms with E-state index in [0.29, 0.717) is 0 Å². The number of halogens is 12. The Hall–Kier alpha value is -1.65. The van der Waals surface area contributed by atoms with Gasteiger partial charge in [0.1, 0.15) is 0 Å². The van der Waals surface area contributed by atoms with Crippen LogP contribution in [0.25, 0.3) is 0 Å². The molecule has 0 radical (unpaired) electrons. The maximum atomic E-state index is 11.3. The molecule has 0 unspecified atom stereocenters.